The van der Waals surface area contributed by atoms with Crippen LogP contribution < -0.4 is 0 Å². The second kappa shape index (κ2) is 10.6. The Hall–Kier alpha value is -1.66. The first-order valence-corrected chi connectivity index (χ1v) is 9.68. The molecule has 5 nitrogen and oxygen atoms in total. The van der Waals surface area contributed by atoms with Gasteiger partial charge >= 0.3 is 6.09 Å². The zero-order valence-corrected chi connectivity index (χ0v) is 17.4. The maximum atomic E-state index is 13.6. The Morgan fingerprint density at radius 1 is 1.37 bits per heavy atom. The lowest BCUT2D eigenvalue weighted by Crippen LogP contribution is -2.43. The molecule has 0 radical (unpaired) electrons. The fraction of sp³-hybridized carbons (Fsp3) is 0.667. The zero-order chi connectivity index (χ0) is 20.6. The van der Waals surface area contributed by atoms with Gasteiger partial charge in [0.1, 0.15) is 17.5 Å². The van der Waals surface area contributed by atoms with Crippen LogP contribution >= 0.6 is 0 Å². The van der Waals surface area contributed by atoms with Crippen molar-refractivity contribution in [3.8, 4) is 0 Å². The summed E-state index contributed by atoms with van der Waals surface area (Å²) in [6, 6.07) is 4.31. The average molecular weight is 384 g/mol. The summed E-state index contributed by atoms with van der Waals surface area (Å²) in [6.45, 7) is 10.0. The highest BCUT2D eigenvalue weighted by Gasteiger charge is 2.38. The molecule has 2 rings (SSSR count). The molecular formula is C21H34FNO4. The van der Waals surface area contributed by atoms with E-state index in [-0.39, 0.29) is 24.6 Å². The fourth-order valence-electron chi connectivity index (χ4n) is 3.33. The third-order valence-electron chi connectivity index (χ3n) is 4.32. The van der Waals surface area contributed by atoms with Crippen molar-refractivity contribution in [2.45, 2.75) is 71.6 Å². The molecular weight excluding hydrogens is 349 g/mol. The SMILES string of the molecule is CC.COC(c1ccc(F)cc1CCO)C1CCCN1C(=O)OC(C)(C)C. The molecule has 1 amide bonds. The summed E-state index contributed by atoms with van der Waals surface area (Å²) in [5, 5.41) is 9.27. The Morgan fingerprint density at radius 2 is 2.04 bits per heavy atom. The van der Waals surface area contributed by atoms with Gasteiger partial charge < -0.3 is 19.5 Å². The summed E-state index contributed by atoms with van der Waals surface area (Å²) < 4.78 is 24.8. The molecule has 6 heteroatoms. The van der Waals surface area contributed by atoms with E-state index in [1.54, 1.807) is 18.1 Å². The first-order valence-electron chi connectivity index (χ1n) is 9.68. The molecule has 1 aromatic rings. The van der Waals surface area contributed by atoms with Crippen molar-refractivity contribution in [3.05, 3.63) is 35.1 Å². The van der Waals surface area contributed by atoms with Crippen LogP contribution in [0.5, 0.6) is 0 Å². The molecule has 1 heterocycles. The lowest BCUT2D eigenvalue weighted by Gasteiger charge is -2.33. The number of aliphatic hydroxyl groups excluding tert-OH is 1. The van der Waals surface area contributed by atoms with Crippen molar-refractivity contribution in [2.24, 2.45) is 0 Å². The number of aliphatic hydroxyl groups is 1. The quantitative estimate of drug-likeness (QED) is 0.815. The third kappa shape index (κ3) is 6.47. The Bertz CT molecular complexity index is 600. The first kappa shape index (κ1) is 23.4. The van der Waals surface area contributed by atoms with Crippen molar-refractivity contribution >= 4 is 6.09 Å². The first-order chi connectivity index (χ1) is 12.8. The fourth-order valence-corrected chi connectivity index (χ4v) is 3.33. The molecule has 0 aromatic heterocycles. The van der Waals surface area contributed by atoms with Crippen LogP contribution in [0.15, 0.2) is 18.2 Å². The van der Waals surface area contributed by atoms with E-state index in [1.165, 1.54) is 12.1 Å². The molecule has 0 aliphatic carbocycles. The number of hydrogen-bond donors (Lipinski definition) is 1. The van der Waals surface area contributed by atoms with E-state index in [9.17, 15) is 14.3 Å². The molecule has 154 valence electrons. The molecule has 0 saturated carbocycles. The van der Waals surface area contributed by atoms with E-state index in [0.29, 0.717) is 18.5 Å². The van der Waals surface area contributed by atoms with Gasteiger partial charge in [0.25, 0.3) is 0 Å². The van der Waals surface area contributed by atoms with E-state index in [1.807, 2.05) is 34.6 Å². The minimum absolute atomic E-state index is 0.0761. The number of amides is 1. The van der Waals surface area contributed by atoms with Crippen molar-refractivity contribution in [1.82, 2.24) is 4.90 Å². The number of methoxy groups -OCH3 is 1. The molecule has 0 bridgehead atoms. The van der Waals surface area contributed by atoms with Crippen LogP contribution in [0.1, 0.15) is 64.7 Å². The highest BCUT2D eigenvalue weighted by Crippen LogP contribution is 2.34. The summed E-state index contributed by atoms with van der Waals surface area (Å²) in [7, 11) is 1.59. The Kier molecular flexibility index (Phi) is 9.19. The van der Waals surface area contributed by atoms with Crippen LogP contribution in [-0.2, 0) is 15.9 Å². The summed E-state index contributed by atoms with van der Waals surface area (Å²) >= 11 is 0. The number of hydrogen-bond acceptors (Lipinski definition) is 4. The molecule has 0 spiro atoms. The van der Waals surface area contributed by atoms with Crippen LogP contribution in [-0.4, -0.2) is 48.0 Å². The Morgan fingerprint density at radius 3 is 2.59 bits per heavy atom. The van der Waals surface area contributed by atoms with Gasteiger partial charge in [0, 0.05) is 20.3 Å². The minimum Gasteiger partial charge on any atom is -0.444 e. The summed E-state index contributed by atoms with van der Waals surface area (Å²) in [5.74, 6) is -0.350. The number of benzene rings is 1. The molecule has 27 heavy (non-hydrogen) atoms. The number of nitrogens with zero attached hydrogens (tertiary/aromatic N) is 1. The van der Waals surface area contributed by atoms with Gasteiger partial charge in [0.2, 0.25) is 0 Å². The number of carbonyl (C=O) groups excluding carboxylic acids is 1. The topological polar surface area (TPSA) is 59.0 Å². The van der Waals surface area contributed by atoms with Crippen molar-refractivity contribution < 1.29 is 23.8 Å². The van der Waals surface area contributed by atoms with E-state index in [4.69, 9.17) is 9.47 Å². The van der Waals surface area contributed by atoms with E-state index in [2.05, 4.69) is 0 Å². The predicted octanol–water partition coefficient (Wildman–Crippen LogP) is 4.47. The maximum absolute atomic E-state index is 13.6. The lowest BCUT2D eigenvalue weighted by molar-refractivity contribution is -0.00622. The molecule has 1 aliphatic rings. The molecule has 1 saturated heterocycles. The number of likely N-dealkylation sites (tertiary alicyclic amines) is 1. The van der Waals surface area contributed by atoms with Crippen molar-refractivity contribution in [3.63, 3.8) is 0 Å². The second-order valence-corrected chi connectivity index (χ2v) is 7.36. The highest BCUT2D eigenvalue weighted by molar-refractivity contribution is 5.69. The van der Waals surface area contributed by atoms with Crippen molar-refractivity contribution in [1.29, 1.82) is 0 Å². The summed E-state index contributed by atoms with van der Waals surface area (Å²) in [6.07, 6.45) is 1.24. The van der Waals surface area contributed by atoms with Crippen LogP contribution in [0.25, 0.3) is 0 Å². The van der Waals surface area contributed by atoms with Gasteiger partial charge in [0.05, 0.1) is 6.04 Å². The third-order valence-corrected chi connectivity index (χ3v) is 4.32. The Labute approximate surface area is 162 Å². The average Bonchev–Trinajstić information content (AvgIpc) is 3.07. The van der Waals surface area contributed by atoms with Gasteiger partial charge in [-0.2, -0.15) is 0 Å². The largest absolute Gasteiger partial charge is 0.444 e. The van der Waals surface area contributed by atoms with Gasteiger partial charge in [0.15, 0.2) is 0 Å². The molecule has 1 fully saturated rings. The Balaban J connectivity index is 0.00000176. The minimum atomic E-state index is -0.565. The van der Waals surface area contributed by atoms with E-state index < -0.39 is 11.7 Å². The number of halogens is 1. The van der Waals surface area contributed by atoms with Crippen LogP contribution in [0, 0.1) is 5.82 Å². The summed E-state index contributed by atoms with van der Waals surface area (Å²) in [5.41, 5.74) is 0.939. The second-order valence-electron chi connectivity index (χ2n) is 7.36. The molecule has 1 aromatic carbocycles. The zero-order valence-electron chi connectivity index (χ0n) is 17.4. The van der Waals surface area contributed by atoms with Gasteiger partial charge in [-0.3, -0.25) is 0 Å². The van der Waals surface area contributed by atoms with E-state index in [0.717, 1.165) is 18.4 Å². The van der Waals surface area contributed by atoms with E-state index >= 15 is 0 Å². The van der Waals surface area contributed by atoms with Gasteiger partial charge in [-0.05, 0) is 63.3 Å². The highest BCUT2D eigenvalue weighted by atomic mass is 19.1. The van der Waals surface area contributed by atoms with Gasteiger partial charge in [-0.1, -0.05) is 19.9 Å². The summed E-state index contributed by atoms with van der Waals surface area (Å²) in [4.78, 5) is 14.2. The predicted molar refractivity (Wildman–Crippen MR) is 104 cm³/mol. The van der Waals surface area contributed by atoms with Crippen molar-refractivity contribution in [2.75, 3.05) is 20.3 Å². The smallest absolute Gasteiger partial charge is 0.410 e. The number of carbonyl (C=O) groups is 1. The monoisotopic (exact) mass is 383 g/mol. The number of rotatable bonds is 5. The molecule has 1 aliphatic heterocycles. The van der Waals surface area contributed by atoms with Crippen LogP contribution in [0.4, 0.5) is 9.18 Å². The van der Waals surface area contributed by atoms with Gasteiger partial charge in [-0.15, -0.1) is 0 Å². The molecule has 2 unspecified atom stereocenters. The maximum Gasteiger partial charge on any atom is 0.410 e. The molecule has 2 atom stereocenters. The number of ether oxygens (including phenoxy) is 2. The van der Waals surface area contributed by atoms with Crippen LogP contribution in [0.2, 0.25) is 0 Å². The normalized spacial score (nSPS) is 17.9. The lowest BCUT2D eigenvalue weighted by atomic mass is 9.94. The standard InChI is InChI=1S/C19H28FNO4.C2H6/c1-19(2,3)25-18(23)21-10-5-6-16(21)17(24-4)15-8-7-14(20)12-13(15)9-11-22;1-2/h7-8,12,16-17,22H,5-6,9-11H2,1-4H3;1-2H3. The van der Waals surface area contributed by atoms with Gasteiger partial charge in [-0.25, -0.2) is 9.18 Å². The van der Waals surface area contributed by atoms with Crippen LogP contribution in [0.3, 0.4) is 0 Å². The molecule has 1 N–H and O–H groups in total.